The summed E-state index contributed by atoms with van der Waals surface area (Å²) in [6, 6.07) is 15.6. The minimum atomic E-state index is -4.52. The van der Waals surface area contributed by atoms with Crippen molar-refractivity contribution in [3.63, 3.8) is 0 Å². The molecule has 0 saturated heterocycles. The highest BCUT2D eigenvalue weighted by molar-refractivity contribution is 7.21. The zero-order valence-corrected chi connectivity index (χ0v) is 15.9. The molecule has 1 N–H and O–H groups in total. The SMILES string of the molecule is Cc1ccc2nc(-c3ccc(N=Nc4cc(C(F)(F)F)ccc4O)cc3)sc2c1. The minimum Gasteiger partial charge on any atom is -0.506 e. The predicted molar refractivity (Wildman–Crippen MR) is 107 cm³/mol. The van der Waals surface area contributed by atoms with Crippen molar-refractivity contribution in [2.75, 3.05) is 0 Å². The second kappa shape index (κ2) is 7.29. The molecule has 0 radical (unpaired) electrons. The van der Waals surface area contributed by atoms with E-state index >= 15 is 0 Å². The van der Waals surface area contributed by atoms with E-state index in [4.69, 9.17) is 0 Å². The van der Waals surface area contributed by atoms with Gasteiger partial charge in [0.2, 0.25) is 0 Å². The lowest BCUT2D eigenvalue weighted by Gasteiger charge is -2.07. The standard InChI is InChI=1S/C21H14F3N3OS/c1-12-2-8-16-19(10-12)29-20(25-16)13-3-6-15(7-4-13)26-27-17-11-14(21(22,23)24)5-9-18(17)28/h2-11,28H,1H3. The molecule has 29 heavy (non-hydrogen) atoms. The summed E-state index contributed by atoms with van der Waals surface area (Å²) in [5, 5.41) is 18.3. The molecule has 0 saturated carbocycles. The van der Waals surface area contributed by atoms with E-state index in [-0.39, 0.29) is 11.4 Å². The summed E-state index contributed by atoms with van der Waals surface area (Å²) in [5.74, 6) is -0.372. The van der Waals surface area contributed by atoms with E-state index in [1.165, 1.54) is 5.56 Å². The molecular formula is C21H14F3N3OS. The van der Waals surface area contributed by atoms with Crippen molar-refractivity contribution in [1.82, 2.24) is 4.98 Å². The largest absolute Gasteiger partial charge is 0.506 e. The van der Waals surface area contributed by atoms with E-state index in [2.05, 4.69) is 21.3 Å². The van der Waals surface area contributed by atoms with Crippen molar-refractivity contribution in [3.8, 4) is 16.3 Å². The average Bonchev–Trinajstić information content (AvgIpc) is 3.10. The Balaban J connectivity index is 1.58. The van der Waals surface area contributed by atoms with E-state index in [0.717, 1.165) is 39.0 Å². The highest BCUT2D eigenvalue weighted by atomic mass is 32.1. The maximum absolute atomic E-state index is 12.8. The number of hydrogen-bond acceptors (Lipinski definition) is 5. The zero-order chi connectivity index (χ0) is 20.6. The van der Waals surface area contributed by atoms with Gasteiger partial charge in [0.15, 0.2) is 0 Å². The number of thiazole rings is 1. The summed E-state index contributed by atoms with van der Waals surface area (Å²) in [6.45, 7) is 2.03. The molecule has 8 heteroatoms. The number of alkyl halides is 3. The Hall–Kier alpha value is -3.26. The van der Waals surface area contributed by atoms with Gasteiger partial charge in [-0.3, -0.25) is 0 Å². The first-order valence-electron chi connectivity index (χ1n) is 8.59. The summed E-state index contributed by atoms with van der Waals surface area (Å²) >= 11 is 1.58. The van der Waals surface area contributed by atoms with Crippen LogP contribution in [-0.4, -0.2) is 10.1 Å². The van der Waals surface area contributed by atoms with Crippen LogP contribution in [0.25, 0.3) is 20.8 Å². The summed E-state index contributed by atoms with van der Waals surface area (Å²) in [7, 11) is 0. The Kier molecular flexibility index (Phi) is 4.79. The second-order valence-corrected chi connectivity index (χ2v) is 7.47. The number of aryl methyl sites for hydroxylation is 1. The van der Waals surface area contributed by atoms with Gasteiger partial charge in [0.25, 0.3) is 0 Å². The molecule has 0 fully saturated rings. The van der Waals surface area contributed by atoms with Gasteiger partial charge in [0.05, 0.1) is 21.5 Å². The maximum atomic E-state index is 12.8. The number of halogens is 3. The third-order valence-corrected chi connectivity index (χ3v) is 5.30. The van der Waals surface area contributed by atoms with E-state index in [1.807, 2.05) is 31.2 Å². The summed E-state index contributed by atoms with van der Waals surface area (Å²) < 4.78 is 39.5. The molecule has 0 atom stereocenters. The summed E-state index contributed by atoms with van der Waals surface area (Å²) in [5.41, 5.74) is 2.31. The fourth-order valence-corrected chi connectivity index (χ4v) is 3.79. The van der Waals surface area contributed by atoms with Crippen LogP contribution < -0.4 is 0 Å². The first kappa shape index (κ1) is 19.1. The van der Waals surface area contributed by atoms with Crippen LogP contribution in [0.15, 0.2) is 70.9 Å². The molecule has 0 aliphatic heterocycles. The molecule has 0 aliphatic carbocycles. The number of azo groups is 1. The van der Waals surface area contributed by atoms with Crippen molar-refractivity contribution in [2.24, 2.45) is 10.2 Å². The van der Waals surface area contributed by atoms with Crippen LogP contribution in [0.2, 0.25) is 0 Å². The van der Waals surface area contributed by atoms with Crippen molar-refractivity contribution in [2.45, 2.75) is 13.1 Å². The number of hydrogen-bond donors (Lipinski definition) is 1. The number of nitrogens with zero attached hydrogens (tertiary/aromatic N) is 3. The monoisotopic (exact) mass is 413 g/mol. The fraction of sp³-hybridized carbons (Fsp3) is 0.0952. The van der Waals surface area contributed by atoms with Gasteiger partial charge in [0, 0.05) is 5.56 Å². The zero-order valence-electron chi connectivity index (χ0n) is 15.1. The fourth-order valence-electron chi connectivity index (χ4n) is 2.72. The quantitative estimate of drug-likeness (QED) is 0.356. The van der Waals surface area contributed by atoms with Crippen LogP contribution in [0.3, 0.4) is 0 Å². The summed E-state index contributed by atoms with van der Waals surface area (Å²) in [6.07, 6.45) is -4.52. The summed E-state index contributed by atoms with van der Waals surface area (Å²) in [4.78, 5) is 4.62. The number of phenolic OH excluding ortho intramolecular Hbond substituents is 1. The maximum Gasteiger partial charge on any atom is 0.416 e. The van der Waals surface area contributed by atoms with E-state index in [9.17, 15) is 18.3 Å². The van der Waals surface area contributed by atoms with Gasteiger partial charge < -0.3 is 5.11 Å². The highest BCUT2D eigenvalue weighted by Crippen LogP contribution is 2.37. The van der Waals surface area contributed by atoms with Gasteiger partial charge >= 0.3 is 6.18 Å². The molecule has 4 rings (SSSR count). The van der Waals surface area contributed by atoms with Crippen molar-refractivity contribution in [1.29, 1.82) is 0 Å². The Morgan fingerprint density at radius 2 is 1.69 bits per heavy atom. The van der Waals surface area contributed by atoms with Crippen molar-refractivity contribution < 1.29 is 18.3 Å². The molecule has 4 aromatic rings. The molecular weight excluding hydrogens is 399 g/mol. The predicted octanol–water partition coefficient (Wildman–Crippen LogP) is 7.41. The molecule has 3 aromatic carbocycles. The third kappa shape index (κ3) is 4.12. The number of aromatic hydroxyl groups is 1. The van der Waals surface area contributed by atoms with Crippen LogP contribution in [0.1, 0.15) is 11.1 Å². The van der Waals surface area contributed by atoms with Gasteiger partial charge in [-0.05, 0) is 67.1 Å². The van der Waals surface area contributed by atoms with Crippen LogP contribution in [0, 0.1) is 6.92 Å². The minimum absolute atomic E-state index is 0.245. The first-order chi connectivity index (χ1) is 13.8. The molecule has 0 spiro atoms. The molecule has 0 aliphatic rings. The molecule has 1 aromatic heterocycles. The molecule has 1 heterocycles. The first-order valence-corrected chi connectivity index (χ1v) is 9.41. The van der Waals surface area contributed by atoms with Crippen LogP contribution in [0.4, 0.5) is 24.5 Å². The van der Waals surface area contributed by atoms with Crippen LogP contribution >= 0.6 is 11.3 Å². The smallest absolute Gasteiger partial charge is 0.416 e. The van der Waals surface area contributed by atoms with E-state index in [1.54, 1.807) is 23.5 Å². The Morgan fingerprint density at radius 3 is 2.41 bits per heavy atom. The molecule has 0 bridgehead atoms. The Bertz CT molecular complexity index is 1210. The van der Waals surface area contributed by atoms with E-state index in [0.29, 0.717) is 5.69 Å². The van der Waals surface area contributed by atoms with Crippen LogP contribution in [0.5, 0.6) is 5.75 Å². The number of rotatable bonds is 3. The lowest BCUT2D eigenvalue weighted by Crippen LogP contribution is -2.03. The number of aromatic nitrogens is 1. The average molecular weight is 413 g/mol. The van der Waals surface area contributed by atoms with Gasteiger partial charge in [-0.2, -0.15) is 18.3 Å². The number of benzene rings is 3. The van der Waals surface area contributed by atoms with Gasteiger partial charge in [0.1, 0.15) is 16.4 Å². The number of phenols is 1. The van der Waals surface area contributed by atoms with Gasteiger partial charge in [-0.25, -0.2) is 4.98 Å². The van der Waals surface area contributed by atoms with Gasteiger partial charge in [-0.15, -0.1) is 16.5 Å². The second-order valence-electron chi connectivity index (χ2n) is 6.44. The Morgan fingerprint density at radius 1 is 0.931 bits per heavy atom. The Labute approximate surface area is 168 Å². The highest BCUT2D eigenvalue weighted by Gasteiger charge is 2.31. The van der Waals surface area contributed by atoms with Crippen molar-refractivity contribution in [3.05, 3.63) is 71.8 Å². The molecule has 4 nitrogen and oxygen atoms in total. The third-order valence-electron chi connectivity index (χ3n) is 4.23. The lowest BCUT2D eigenvalue weighted by atomic mass is 10.2. The molecule has 146 valence electrons. The normalized spacial score (nSPS) is 12.1. The van der Waals surface area contributed by atoms with Crippen molar-refractivity contribution >= 4 is 32.9 Å². The topological polar surface area (TPSA) is 57.8 Å². The number of fused-ring (bicyclic) bond motifs is 1. The van der Waals surface area contributed by atoms with Crippen LogP contribution in [-0.2, 0) is 6.18 Å². The molecule has 0 amide bonds. The lowest BCUT2D eigenvalue weighted by molar-refractivity contribution is -0.137. The molecule has 0 unspecified atom stereocenters. The van der Waals surface area contributed by atoms with E-state index < -0.39 is 11.7 Å². The van der Waals surface area contributed by atoms with Gasteiger partial charge in [-0.1, -0.05) is 6.07 Å².